The van der Waals surface area contributed by atoms with Gasteiger partial charge in [0, 0.05) is 0 Å². The zero-order valence-electron chi connectivity index (χ0n) is 10.1. The van der Waals surface area contributed by atoms with E-state index in [4.69, 9.17) is 0 Å². The first-order valence-corrected chi connectivity index (χ1v) is 7.27. The molecule has 0 spiro atoms. The highest BCUT2D eigenvalue weighted by Gasteiger charge is 2.05. The molecule has 1 unspecified atom stereocenters. The smallest absolute Gasteiger partial charge is 0.0152 e. The molecule has 17 heavy (non-hydrogen) atoms. The lowest BCUT2D eigenvalue weighted by Gasteiger charge is -2.11. The number of allylic oxidation sites excluding steroid dienone is 1. The van der Waals surface area contributed by atoms with Gasteiger partial charge in [0.1, 0.15) is 0 Å². The summed E-state index contributed by atoms with van der Waals surface area (Å²) in [4.78, 5) is 0. The standard InChI is InChI=1S/C16H17I/c1-13(6-5-11-17)12-15-9-4-8-14-7-2-3-10-16(14)15/h2-5,7-11,13H,6,12H2,1H3/b11-5+. The van der Waals surface area contributed by atoms with E-state index in [0.29, 0.717) is 5.92 Å². The van der Waals surface area contributed by atoms with Crippen LogP contribution in [0.25, 0.3) is 10.8 Å². The maximum atomic E-state index is 2.32. The molecule has 0 bridgehead atoms. The van der Waals surface area contributed by atoms with E-state index in [2.05, 4.69) is 82.1 Å². The van der Waals surface area contributed by atoms with E-state index < -0.39 is 0 Å². The van der Waals surface area contributed by atoms with E-state index in [1.165, 1.54) is 16.3 Å². The molecule has 1 atom stereocenters. The molecular weight excluding hydrogens is 319 g/mol. The van der Waals surface area contributed by atoms with Crippen molar-refractivity contribution >= 4 is 33.4 Å². The quantitative estimate of drug-likeness (QED) is 0.660. The summed E-state index contributed by atoms with van der Waals surface area (Å²) < 4.78 is 2.11. The Morgan fingerprint density at radius 3 is 2.71 bits per heavy atom. The number of rotatable bonds is 4. The summed E-state index contributed by atoms with van der Waals surface area (Å²) in [6.07, 6.45) is 4.56. The molecule has 0 aromatic heterocycles. The fraction of sp³-hybridized carbons (Fsp3) is 0.250. The van der Waals surface area contributed by atoms with Crippen LogP contribution in [-0.2, 0) is 6.42 Å². The van der Waals surface area contributed by atoms with Crippen molar-refractivity contribution in [1.82, 2.24) is 0 Å². The molecule has 0 aliphatic carbocycles. The SMILES string of the molecule is CC(C/C=C/I)Cc1cccc2ccccc12. The highest BCUT2D eigenvalue weighted by Crippen LogP contribution is 2.22. The van der Waals surface area contributed by atoms with Gasteiger partial charge < -0.3 is 0 Å². The molecule has 0 aliphatic rings. The van der Waals surface area contributed by atoms with Crippen molar-refractivity contribution in [2.45, 2.75) is 19.8 Å². The molecule has 0 N–H and O–H groups in total. The molecule has 0 aliphatic heterocycles. The van der Waals surface area contributed by atoms with Gasteiger partial charge in [0.25, 0.3) is 0 Å². The third kappa shape index (κ3) is 3.32. The van der Waals surface area contributed by atoms with Gasteiger partial charge in [-0.2, -0.15) is 0 Å². The Hall–Kier alpha value is -0.830. The Labute approximate surface area is 117 Å². The molecule has 88 valence electrons. The minimum absolute atomic E-state index is 0.701. The van der Waals surface area contributed by atoms with Crippen LogP contribution in [0.3, 0.4) is 0 Å². The summed E-state index contributed by atoms with van der Waals surface area (Å²) in [5.74, 6) is 0.701. The van der Waals surface area contributed by atoms with Gasteiger partial charge in [-0.25, -0.2) is 0 Å². The second kappa shape index (κ2) is 6.20. The maximum Gasteiger partial charge on any atom is -0.0152 e. The van der Waals surface area contributed by atoms with Gasteiger partial charge in [0.15, 0.2) is 0 Å². The van der Waals surface area contributed by atoms with Crippen molar-refractivity contribution in [3.8, 4) is 0 Å². The number of fused-ring (bicyclic) bond motifs is 1. The molecular formula is C16H17I. The summed E-state index contributed by atoms with van der Waals surface area (Å²) in [7, 11) is 0. The molecule has 0 fully saturated rings. The average Bonchev–Trinajstić information content (AvgIpc) is 2.37. The van der Waals surface area contributed by atoms with Crippen molar-refractivity contribution < 1.29 is 0 Å². The van der Waals surface area contributed by atoms with Crippen LogP contribution >= 0.6 is 22.6 Å². The predicted octanol–water partition coefficient (Wildman–Crippen LogP) is 5.36. The highest BCUT2D eigenvalue weighted by molar-refractivity contribution is 14.1. The largest absolute Gasteiger partial charge is 0.0782 e. The average molecular weight is 336 g/mol. The van der Waals surface area contributed by atoms with Crippen LogP contribution in [0.1, 0.15) is 18.9 Å². The van der Waals surface area contributed by atoms with Crippen molar-refractivity contribution in [3.63, 3.8) is 0 Å². The molecule has 0 saturated heterocycles. The second-order valence-corrected chi connectivity index (χ2v) is 5.26. The van der Waals surface area contributed by atoms with Crippen LogP contribution in [0.5, 0.6) is 0 Å². The van der Waals surface area contributed by atoms with Crippen LogP contribution in [0.15, 0.2) is 52.6 Å². The minimum atomic E-state index is 0.701. The van der Waals surface area contributed by atoms with Crippen molar-refractivity contribution in [2.24, 2.45) is 5.92 Å². The molecule has 2 aromatic carbocycles. The van der Waals surface area contributed by atoms with E-state index >= 15 is 0 Å². The van der Waals surface area contributed by atoms with Crippen LogP contribution in [0.4, 0.5) is 0 Å². The molecule has 0 radical (unpaired) electrons. The fourth-order valence-corrected chi connectivity index (χ4v) is 2.51. The van der Waals surface area contributed by atoms with Gasteiger partial charge >= 0.3 is 0 Å². The zero-order valence-corrected chi connectivity index (χ0v) is 12.2. The van der Waals surface area contributed by atoms with E-state index in [0.717, 1.165) is 12.8 Å². The number of hydrogen-bond donors (Lipinski definition) is 0. The van der Waals surface area contributed by atoms with E-state index in [9.17, 15) is 0 Å². The van der Waals surface area contributed by atoms with Gasteiger partial charge in [0.05, 0.1) is 0 Å². The predicted molar refractivity (Wildman–Crippen MR) is 84.6 cm³/mol. The highest BCUT2D eigenvalue weighted by atomic mass is 127. The van der Waals surface area contributed by atoms with E-state index in [-0.39, 0.29) is 0 Å². The normalized spacial score (nSPS) is 13.3. The number of halogens is 1. The first kappa shape index (κ1) is 12.6. The summed E-state index contributed by atoms with van der Waals surface area (Å²) in [5, 5.41) is 2.75. The Balaban J connectivity index is 2.23. The first-order valence-electron chi connectivity index (χ1n) is 6.03. The van der Waals surface area contributed by atoms with Gasteiger partial charge in [-0.1, -0.05) is 78.1 Å². The lowest BCUT2D eigenvalue weighted by atomic mass is 9.94. The Kier molecular flexibility index (Phi) is 4.60. The van der Waals surface area contributed by atoms with Crippen molar-refractivity contribution in [2.75, 3.05) is 0 Å². The molecule has 0 heterocycles. The lowest BCUT2D eigenvalue weighted by Crippen LogP contribution is -1.98. The summed E-state index contributed by atoms with van der Waals surface area (Å²) in [6, 6.07) is 15.3. The van der Waals surface area contributed by atoms with Crippen LogP contribution in [0.2, 0.25) is 0 Å². The topological polar surface area (TPSA) is 0 Å². The molecule has 2 rings (SSSR count). The molecule has 0 saturated carbocycles. The van der Waals surface area contributed by atoms with Crippen LogP contribution in [0, 0.1) is 5.92 Å². The third-order valence-corrected chi connectivity index (χ3v) is 3.58. The van der Waals surface area contributed by atoms with Gasteiger partial charge in [-0.05, 0) is 39.2 Å². The summed E-state index contributed by atoms with van der Waals surface area (Å²) in [5.41, 5.74) is 1.47. The van der Waals surface area contributed by atoms with Gasteiger partial charge in [-0.15, -0.1) is 0 Å². The first-order chi connectivity index (χ1) is 8.31. The number of hydrogen-bond acceptors (Lipinski definition) is 0. The zero-order chi connectivity index (χ0) is 12.1. The van der Waals surface area contributed by atoms with Crippen molar-refractivity contribution in [3.05, 3.63) is 58.2 Å². The summed E-state index contributed by atoms with van der Waals surface area (Å²) in [6.45, 7) is 2.32. The number of benzene rings is 2. The van der Waals surface area contributed by atoms with E-state index in [1.54, 1.807) is 0 Å². The van der Waals surface area contributed by atoms with Crippen molar-refractivity contribution in [1.29, 1.82) is 0 Å². The minimum Gasteiger partial charge on any atom is -0.0782 e. The van der Waals surface area contributed by atoms with Gasteiger partial charge in [-0.3, -0.25) is 0 Å². The summed E-state index contributed by atoms with van der Waals surface area (Å²) >= 11 is 2.29. The Morgan fingerprint density at radius 2 is 1.88 bits per heavy atom. The molecule has 2 aromatic rings. The lowest BCUT2D eigenvalue weighted by molar-refractivity contribution is 0.592. The Bertz CT molecular complexity index is 508. The van der Waals surface area contributed by atoms with E-state index in [1.807, 2.05) is 0 Å². The van der Waals surface area contributed by atoms with Crippen LogP contribution in [-0.4, -0.2) is 0 Å². The maximum absolute atomic E-state index is 2.32. The fourth-order valence-electron chi connectivity index (χ4n) is 2.21. The third-order valence-electron chi connectivity index (χ3n) is 3.08. The molecule has 0 nitrogen and oxygen atoms in total. The Morgan fingerprint density at radius 1 is 1.12 bits per heavy atom. The second-order valence-electron chi connectivity index (χ2n) is 4.54. The molecule has 1 heteroatoms. The molecule has 0 amide bonds. The van der Waals surface area contributed by atoms with Gasteiger partial charge in [0.2, 0.25) is 0 Å². The van der Waals surface area contributed by atoms with Crippen LogP contribution < -0.4 is 0 Å². The monoisotopic (exact) mass is 336 g/mol.